The highest BCUT2D eigenvalue weighted by molar-refractivity contribution is 5.74. The summed E-state index contributed by atoms with van der Waals surface area (Å²) < 4.78 is 7.45. The van der Waals surface area contributed by atoms with Gasteiger partial charge in [-0.05, 0) is 42.0 Å². The third-order valence-electron chi connectivity index (χ3n) is 4.00. The average Bonchev–Trinajstić information content (AvgIpc) is 3.00. The molecular formula is C20H17N3O. The summed E-state index contributed by atoms with van der Waals surface area (Å²) in [7, 11) is 1.68. The van der Waals surface area contributed by atoms with Gasteiger partial charge >= 0.3 is 0 Å². The van der Waals surface area contributed by atoms with Crippen molar-refractivity contribution in [2.45, 2.75) is 6.42 Å². The molecule has 0 saturated heterocycles. The quantitative estimate of drug-likeness (QED) is 0.571. The predicted octanol–water partition coefficient (Wildman–Crippen LogP) is 4.02. The molecule has 0 aliphatic carbocycles. The Morgan fingerprint density at radius 1 is 0.958 bits per heavy atom. The lowest BCUT2D eigenvalue weighted by Crippen LogP contribution is -2.03. The zero-order valence-corrected chi connectivity index (χ0v) is 13.4. The van der Waals surface area contributed by atoms with Crippen LogP contribution in [0.3, 0.4) is 0 Å². The molecular weight excluding hydrogens is 298 g/mol. The molecule has 0 unspecified atom stereocenters. The first kappa shape index (κ1) is 14.5. The van der Waals surface area contributed by atoms with Gasteiger partial charge in [-0.1, -0.05) is 30.3 Å². The number of hydrogen-bond acceptors (Lipinski definition) is 3. The van der Waals surface area contributed by atoms with Crippen LogP contribution in [0.4, 0.5) is 0 Å². The first-order valence-electron chi connectivity index (χ1n) is 7.86. The summed E-state index contributed by atoms with van der Waals surface area (Å²) in [6.45, 7) is 0. The Balaban J connectivity index is 1.85. The molecule has 118 valence electrons. The molecule has 0 aliphatic heterocycles. The van der Waals surface area contributed by atoms with Gasteiger partial charge in [-0.25, -0.2) is 9.97 Å². The maximum Gasteiger partial charge on any atom is 0.164 e. The average molecular weight is 315 g/mol. The lowest BCUT2D eigenvalue weighted by Gasteiger charge is -2.09. The number of imidazole rings is 1. The van der Waals surface area contributed by atoms with Crippen molar-refractivity contribution in [3.63, 3.8) is 0 Å². The third kappa shape index (κ3) is 2.63. The number of aromatic nitrogens is 3. The third-order valence-corrected chi connectivity index (χ3v) is 4.00. The standard InChI is InChI=1S/C20H17N3O/c1-24-17-10-5-7-15(13-17)14-19-22-18-11-6-12-21-20(18)23(19)16-8-3-2-4-9-16/h2-13H,14H2,1H3. The van der Waals surface area contributed by atoms with Crippen LogP contribution in [0.15, 0.2) is 72.9 Å². The molecule has 4 aromatic rings. The van der Waals surface area contributed by atoms with Crippen LogP contribution in [0.25, 0.3) is 16.9 Å². The van der Waals surface area contributed by atoms with Crippen molar-refractivity contribution in [3.8, 4) is 11.4 Å². The van der Waals surface area contributed by atoms with Gasteiger partial charge < -0.3 is 4.74 Å². The van der Waals surface area contributed by atoms with Crippen LogP contribution in [0.5, 0.6) is 5.75 Å². The summed E-state index contributed by atoms with van der Waals surface area (Å²) in [5.74, 6) is 1.82. The molecule has 0 fully saturated rings. The smallest absolute Gasteiger partial charge is 0.164 e. The van der Waals surface area contributed by atoms with Gasteiger partial charge in [-0.2, -0.15) is 0 Å². The highest BCUT2D eigenvalue weighted by Gasteiger charge is 2.13. The van der Waals surface area contributed by atoms with Crippen molar-refractivity contribution < 1.29 is 4.74 Å². The minimum absolute atomic E-state index is 0.711. The lowest BCUT2D eigenvalue weighted by atomic mass is 10.1. The molecule has 0 N–H and O–H groups in total. The fourth-order valence-corrected chi connectivity index (χ4v) is 2.89. The SMILES string of the molecule is COc1cccc(Cc2nc3cccnc3n2-c2ccccc2)c1. The van der Waals surface area contributed by atoms with Crippen molar-refractivity contribution in [2.24, 2.45) is 0 Å². The van der Waals surface area contributed by atoms with E-state index in [4.69, 9.17) is 9.72 Å². The Morgan fingerprint density at radius 2 is 1.83 bits per heavy atom. The lowest BCUT2D eigenvalue weighted by molar-refractivity contribution is 0.414. The van der Waals surface area contributed by atoms with Crippen LogP contribution in [-0.2, 0) is 6.42 Å². The van der Waals surface area contributed by atoms with E-state index >= 15 is 0 Å². The number of nitrogens with zero attached hydrogens (tertiary/aromatic N) is 3. The first-order chi connectivity index (χ1) is 11.8. The molecule has 24 heavy (non-hydrogen) atoms. The topological polar surface area (TPSA) is 39.9 Å². The van der Waals surface area contributed by atoms with E-state index in [-0.39, 0.29) is 0 Å². The van der Waals surface area contributed by atoms with Crippen molar-refractivity contribution >= 4 is 11.2 Å². The van der Waals surface area contributed by atoms with E-state index in [1.165, 1.54) is 0 Å². The Bertz CT molecular complexity index is 977. The minimum atomic E-state index is 0.711. The minimum Gasteiger partial charge on any atom is -0.497 e. The van der Waals surface area contributed by atoms with E-state index in [0.29, 0.717) is 6.42 Å². The number of hydrogen-bond donors (Lipinski definition) is 0. The fraction of sp³-hybridized carbons (Fsp3) is 0.100. The second-order valence-corrected chi connectivity index (χ2v) is 5.57. The Kier molecular flexibility index (Phi) is 3.71. The van der Waals surface area contributed by atoms with E-state index in [0.717, 1.165) is 34.0 Å². The monoisotopic (exact) mass is 315 g/mol. The second-order valence-electron chi connectivity index (χ2n) is 5.57. The number of methoxy groups -OCH3 is 1. The van der Waals surface area contributed by atoms with Gasteiger partial charge in [0.05, 0.1) is 7.11 Å². The highest BCUT2D eigenvalue weighted by atomic mass is 16.5. The summed E-state index contributed by atoms with van der Waals surface area (Å²) in [4.78, 5) is 9.33. The van der Waals surface area contributed by atoms with Crippen LogP contribution < -0.4 is 4.74 Å². The van der Waals surface area contributed by atoms with Gasteiger partial charge in [-0.3, -0.25) is 4.57 Å². The molecule has 0 aliphatic rings. The summed E-state index contributed by atoms with van der Waals surface area (Å²) >= 11 is 0. The molecule has 0 atom stereocenters. The van der Waals surface area contributed by atoms with Crippen LogP contribution in [0.2, 0.25) is 0 Å². The maximum atomic E-state index is 5.33. The largest absolute Gasteiger partial charge is 0.497 e. The molecule has 0 radical (unpaired) electrons. The molecule has 2 aromatic heterocycles. The van der Waals surface area contributed by atoms with Crippen LogP contribution >= 0.6 is 0 Å². The van der Waals surface area contributed by atoms with Crippen molar-refractivity contribution in [1.82, 2.24) is 14.5 Å². The number of ether oxygens (including phenoxy) is 1. The Labute approximate surface area is 140 Å². The van der Waals surface area contributed by atoms with Gasteiger partial charge in [-0.15, -0.1) is 0 Å². The number of rotatable bonds is 4. The molecule has 2 aromatic carbocycles. The zero-order chi connectivity index (χ0) is 16.4. The molecule has 4 heteroatoms. The predicted molar refractivity (Wildman–Crippen MR) is 94.7 cm³/mol. The van der Waals surface area contributed by atoms with Crippen LogP contribution in [0.1, 0.15) is 11.4 Å². The highest BCUT2D eigenvalue weighted by Crippen LogP contribution is 2.23. The number of fused-ring (bicyclic) bond motifs is 1. The van der Waals surface area contributed by atoms with Gasteiger partial charge in [0.1, 0.15) is 17.1 Å². The van der Waals surface area contributed by atoms with Gasteiger partial charge in [0.2, 0.25) is 0 Å². The summed E-state index contributed by atoms with van der Waals surface area (Å²) in [5, 5.41) is 0. The summed E-state index contributed by atoms with van der Waals surface area (Å²) in [5.41, 5.74) is 4.00. The molecule has 4 nitrogen and oxygen atoms in total. The number of para-hydroxylation sites is 1. The van der Waals surface area contributed by atoms with Crippen molar-refractivity contribution in [2.75, 3.05) is 7.11 Å². The maximum absolute atomic E-state index is 5.33. The molecule has 0 bridgehead atoms. The Hall–Kier alpha value is -3.14. The summed E-state index contributed by atoms with van der Waals surface area (Å²) in [6.07, 6.45) is 2.52. The van der Waals surface area contributed by atoms with E-state index < -0.39 is 0 Å². The first-order valence-corrected chi connectivity index (χ1v) is 7.86. The fourth-order valence-electron chi connectivity index (χ4n) is 2.89. The number of pyridine rings is 1. The van der Waals surface area contributed by atoms with Crippen molar-refractivity contribution in [1.29, 1.82) is 0 Å². The van der Waals surface area contributed by atoms with Gasteiger partial charge in [0, 0.05) is 18.3 Å². The van der Waals surface area contributed by atoms with Crippen LogP contribution in [-0.4, -0.2) is 21.6 Å². The van der Waals surface area contributed by atoms with E-state index in [1.807, 2.05) is 48.5 Å². The number of benzene rings is 2. The van der Waals surface area contributed by atoms with E-state index in [9.17, 15) is 0 Å². The Morgan fingerprint density at radius 3 is 2.67 bits per heavy atom. The molecule has 4 rings (SSSR count). The van der Waals surface area contributed by atoms with Gasteiger partial charge in [0.15, 0.2) is 5.65 Å². The summed E-state index contributed by atoms with van der Waals surface area (Å²) in [6, 6.07) is 22.2. The van der Waals surface area contributed by atoms with Crippen molar-refractivity contribution in [3.05, 3.63) is 84.3 Å². The van der Waals surface area contributed by atoms with E-state index in [2.05, 4.69) is 27.8 Å². The zero-order valence-electron chi connectivity index (χ0n) is 13.4. The molecule has 2 heterocycles. The normalized spacial score (nSPS) is 10.9. The molecule has 0 spiro atoms. The molecule has 0 amide bonds. The van der Waals surface area contributed by atoms with Crippen LogP contribution in [0, 0.1) is 0 Å². The van der Waals surface area contributed by atoms with E-state index in [1.54, 1.807) is 13.3 Å². The second kappa shape index (κ2) is 6.16. The molecule has 0 saturated carbocycles. The van der Waals surface area contributed by atoms with Gasteiger partial charge in [0.25, 0.3) is 0 Å².